The third-order valence-electron chi connectivity index (χ3n) is 2.85. The highest BCUT2D eigenvalue weighted by atomic mass is 35.5. The van der Waals surface area contributed by atoms with E-state index in [4.69, 9.17) is 22.0 Å². The Bertz CT molecular complexity index is 696. The van der Waals surface area contributed by atoms with E-state index < -0.39 is 5.97 Å². The monoisotopic (exact) mass is 289 g/mol. The van der Waals surface area contributed by atoms with Gasteiger partial charge in [-0.25, -0.2) is 9.48 Å². The summed E-state index contributed by atoms with van der Waals surface area (Å²) in [5, 5.41) is 22.1. The highest BCUT2D eigenvalue weighted by Gasteiger charge is 2.23. The summed E-state index contributed by atoms with van der Waals surface area (Å²) in [4.78, 5) is 11.1. The van der Waals surface area contributed by atoms with E-state index in [9.17, 15) is 4.79 Å². The van der Waals surface area contributed by atoms with Gasteiger partial charge in [-0.2, -0.15) is 10.4 Å². The molecule has 0 saturated carbocycles. The molecule has 1 N–H and O–H groups in total. The molecule has 0 aliphatic heterocycles. The van der Waals surface area contributed by atoms with Crippen molar-refractivity contribution in [1.29, 1.82) is 5.26 Å². The molecule has 0 unspecified atom stereocenters. The number of halogens is 1. The largest absolute Gasteiger partial charge is 0.476 e. The lowest BCUT2D eigenvalue weighted by atomic mass is 10.1. The fourth-order valence-corrected chi connectivity index (χ4v) is 2.34. The number of nitriles is 1. The molecular weight excluding hydrogens is 278 g/mol. The summed E-state index contributed by atoms with van der Waals surface area (Å²) in [5.41, 5.74) is 1.66. The Morgan fingerprint density at radius 3 is 2.45 bits per heavy atom. The molecular formula is C14H12ClN3O2. The van der Waals surface area contributed by atoms with Crippen molar-refractivity contribution in [3.05, 3.63) is 46.2 Å². The lowest BCUT2D eigenvalue weighted by Gasteiger charge is -2.10. The predicted molar refractivity (Wildman–Crippen MR) is 74.3 cm³/mol. The zero-order chi connectivity index (χ0) is 14.9. The van der Waals surface area contributed by atoms with Gasteiger partial charge in [0.1, 0.15) is 0 Å². The molecule has 1 heterocycles. The van der Waals surface area contributed by atoms with Crippen molar-refractivity contribution in [2.75, 3.05) is 0 Å². The van der Waals surface area contributed by atoms with Crippen molar-refractivity contribution in [3.63, 3.8) is 0 Å². The van der Waals surface area contributed by atoms with Crippen LogP contribution in [0.3, 0.4) is 0 Å². The van der Waals surface area contributed by atoms with E-state index >= 15 is 0 Å². The molecule has 0 spiro atoms. The Hall–Kier alpha value is -2.32. The summed E-state index contributed by atoms with van der Waals surface area (Å²) in [5.74, 6) is -1.15. The Labute approximate surface area is 121 Å². The molecule has 2 rings (SSSR count). The summed E-state index contributed by atoms with van der Waals surface area (Å²) >= 11 is 6.11. The molecule has 0 atom stereocenters. The smallest absolute Gasteiger partial charge is 0.358 e. The SMILES string of the molecule is CC(C)c1c(Cl)c(C(=O)O)nn1-c1ccc(C#N)cc1. The van der Waals surface area contributed by atoms with Gasteiger partial charge in [0, 0.05) is 0 Å². The van der Waals surface area contributed by atoms with Crippen LogP contribution in [0.2, 0.25) is 5.02 Å². The third-order valence-corrected chi connectivity index (χ3v) is 3.22. The highest BCUT2D eigenvalue weighted by molar-refractivity contribution is 6.34. The van der Waals surface area contributed by atoms with Crippen molar-refractivity contribution in [1.82, 2.24) is 9.78 Å². The summed E-state index contributed by atoms with van der Waals surface area (Å²) < 4.78 is 1.51. The van der Waals surface area contributed by atoms with E-state index in [1.165, 1.54) is 4.68 Å². The molecule has 6 heteroatoms. The predicted octanol–water partition coefficient (Wildman–Crippen LogP) is 3.22. The minimum Gasteiger partial charge on any atom is -0.476 e. The topological polar surface area (TPSA) is 78.9 Å². The van der Waals surface area contributed by atoms with Gasteiger partial charge < -0.3 is 5.11 Å². The number of carbonyl (C=O) groups is 1. The highest BCUT2D eigenvalue weighted by Crippen LogP contribution is 2.30. The van der Waals surface area contributed by atoms with Crippen molar-refractivity contribution < 1.29 is 9.90 Å². The fourth-order valence-electron chi connectivity index (χ4n) is 1.92. The number of hydrogen-bond donors (Lipinski definition) is 1. The maximum absolute atomic E-state index is 11.1. The first-order valence-corrected chi connectivity index (χ1v) is 6.35. The average Bonchev–Trinajstić information content (AvgIpc) is 2.76. The lowest BCUT2D eigenvalue weighted by molar-refractivity contribution is 0.0690. The number of carboxylic acids is 1. The molecule has 0 bridgehead atoms. The summed E-state index contributed by atoms with van der Waals surface area (Å²) in [6.45, 7) is 3.82. The molecule has 0 aliphatic carbocycles. The van der Waals surface area contributed by atoms with Crippen LogP contribution in [0.5, 0.6) is 0 Å². The second kappa shape index (κ2) is 5.35. The standard InChI is InChI=1S/C14H12ClN3O2/c1-8(2)13-11(15)12(14(19)20)17-18(13)10-5-3-9(7-16)4-6-10/h3-6,8H,1-2H3,(H,19,20). The lowest BCUT2D eigenvalue weighted by Crippen LogP contribution is -2.04. The molecule has 1 aromatic carbocycles. The first-order valence-electron chi connectivity index (χ1n) is 5.98. The molecule has 0 saturated heterocycles. The van der Waals surface area contributed by atoms with Crippen LogP contribution in [0, 0.1) is 11.3 Å². The zero-order valence-corrected chi connectivity index (χ0v) is 11.7. The van der Waals surface area contributed by atoms with E-state index in [2.05, 4.69) is 5.10 Å². The Morgan fingerprint density at radius 2 is 2.00 bits per heavy atom. The summed E-state index contributed by atoms with van der Waals surface area (Å²) in [7, 11) is 0. The number of nitrogens with zero attached hydrogens (tertiary/aromatic N) is 3. The average molecular weight is 290 g/mol. The van der Waals surface area contributed by atoms with Gasteiger partial charge in [-0.1, -0.05) is 25.4 Å². The number of benzene rings is 1. The summed E-state index contributed by atoms with van der Waals surface area (Å²) in [6.07, 6.45) is 0. The van der Waals surface area contributed by atoms with Gasteiger partial charge in [0.05, 0.1) is 28.0 Å². The van der Waals surface area contributed by atoms with E-state index in [0.717, 1.165) is 0 Å². The Morgan fingerprint density at radius 1 is 1.40 bits per heavy atom. The molecule has 0 fully saturated rings. The second-order valence-corrected chi connectivity index (χ2v) is 4.96. The van der Waals surface area contributed by atoms with Gasteiger partial charge in [0.2, 0.25) is 0 Å². The molecule has 2 aromatic rings. The van der Waals surface area contributed by atoms with Gasteiger partial charge in [-0.3, -0.25) is 0 Å². The summed E-state index contributed by atoms with van der Waals surface area (Å²) in [6, 6.07) is 8.74. The number of aromatic nitrogens is 2. The Balaban J connectivity index is 2.63. The maximum Gasteiger partial charge on any atom is 0.358 e. The van der Waals surface area contributed by atoms with Gasteiger partial charge >= 0.3 is 5.97 Å². The van der Waals surface area contributed by atoms with Crippen LogP contribution < -0.4 is 0 Å². The quantitative estimate of drug-likeness (QED) is 0.941. The van der Waals surface area contributed by atoms with Crippen LogP contribution in [0.4, 0.5) is 0 Å². The normalized spacial score (nSPS) is 10.6. The van der Waals surface area contributed by atoms with E-state index in [0.29, 0.717) is 16.9 Å². The molecule has 0 amide bonds. The van der Waals surface area contributed by atoms with Gasteiger partial charge in [-0.05, 0) is 30.2 Å². The number of rotatable bonds is 3. The molecule has 1 aromatic heterocycles. The van der Waals surface area contributed by atoms with Gasteiger partial charge in [-0.15, -0.1) is 0 Å². The second-order valence-electron chi connectivity index (χ2n) is 4.58. The van der Waals surface area contributed by atoms with Crippen molar-refractivity contribution in [3.8, 4) is 11.8 Å². The van der Waals surface area contributed by atoms with Crippen LogP contribution >= 0.6 is 11.6 Å². The van der Waals surface area contributed by atoms with Gasteiger partial charge in [0.25, 0.3) is 0 Å². The van der Waals surface area contributed by atoms with Crippen LogP contribution in [-0.2, 0) is 0 Å². The van der Waals surface area contributed by atoms with E-state index in [1.54, 1.807) is 24.3 Å². The number of carboxylic acid groups (broad SMARTS) is 1. The molecule has 0 radical (unpaired) electrons. The minimum absolute atomic E-state index is 0.0127. The molecule has 5 nitrogen and oxygen atoms in total. The van der Waals surface area contributed by atoms with Gasteiger partial charge in [0.15, 0.2) is 5.69 Å². The minimum atomic E-state index is -1.16. The molecule has 102 valence electrons. The maximum atomic E-state index is 11.1. The van der Waals surface area contributed by atoms with Crippen LogP contribution in [0.25, 0.3) is 5.69 Å². The van der Waals surface area contributed by atoms with Crippen LogP contribution in [0.1, 0.15) is 41.5 Å². The Kier molecular flexibility index (Phi) is 3.77. The van der Waals surface area contributed by atoms with Crippen molar-refractivity contribution in [2.24, 2.45) is 0 Å². The van der Waals surface area contributed by atoms with Crippen LogP contribution in [-0.4, -0.2) is 20.9 Å². The van der Waals surface area contributed by atoms with Crippen molar-refractivity contribution >= 4 is 17.6 Å². The van der Waals surface area contributed by atoms with E-state index in [1.807, 2.05) is 19.9 Å². The zero-order valence-electron chi connectivity index (χ0n) is 11.0. The van der Waals surface area contributed by atoms with Crippen molar-refractivity contribution in [2.45, 2.75) is 19.8 Å². The fraction of sp³-hybridized carbons (Fsp3) is 0.214. The number of aromatic carboxylic acids is 1. The number of hydrogen-bond acceptors (Lipinski definition) is 3. The van der Waals surface area contributed by atoms with E-state index in [-0.39, 0.29) is 16.6 Å². The first kappa shape index (κ1) is 14.1. The first-order chi connectivity index (χ1) is 9.45. The third kappa shape index (κ3) is 2.38. The molecule has 0 aliphatic rings. The molecule has 20 heavy (non-hydrogen) atoms. The van der Waals surface area contributed by atoms with Crippen LogP contribution in [0.15, 0.2) is 24.3 Å².